The molecule has 0 bridgehead atoms. The number of sulfone groups is 1. The van der Waals surface area contributed by atoms with Gasteiger partial charge in [0.25, 0.3) is 0 Å². The van der Waals surface area contributed by atoms with Gasteiger partial charge in [0.05, 0.1) is 39.5 Å². The van der Waals surface area contributed by atoms with E-state index in [0.717, 1.165) is 18.2 Å². The van der Waals surface area contributed by atoms with Crippen molar-refractivity contribution in [2.45, 2.75) is 29.4 Å². The first-order chi connectivity index (χ1) is 16.9. The zero-order chi connectivity index (χ0) is 26.5. The number of carboxylic acid groups (broad SMARTS) is 1. The van der Waals surface area contributed by atoms with Crippen LogP contribution in [0.5, 0.6) is 5.75 Å². The number of amides is 1. The number of hydrogen-bond donors (Lipinski definition) is 2. The molecule has 2 unspecified atom stereocenters. The Bertz CT molecular complexity index is 1380. The van der Waals surface area contributed by atoms with E-state index in [9.17, 15) is 32.8 Å². The van der Waals surface area contributed by atoms with Gasteiger partial charge in [-0.3, -0.25) is 9.59 Å². The maximum atomic E-state index is 13.5. The lowest BCUT2D eigenvalue weighted by atomic mass is 9.71. The average molecular weight is 556 g/mol. The molecule has 1 aromatic heterocycles. The number of nitrogens with two attached hydrogens (primary N) is 1. The van der Waals surface area contributed by atoms with Crippen molar-refractivity contribution in [3.05, 3.63) is 52.5 Å². The molecule has 0 aliphatic heterocycles. The maximum absolute atomic E-state index is 13.5. The van der Waals surface area contributed by atoms with Gasteiger partial charge >= 0.3 is 5.97 Å². The molecule has 0 radical (unpaired) electrons. The Morgan fingerprint density at radius 2 is 2.00 bits per heavy atom. The molecule has 2 aliphatic rings. The van der Waals surface area contributed by atoms with Gasteiger partial charge in [-0.05, 0) is 49.6 Å². The second-order valence-electron chi connectivity index (χ2n) is 9.06. The molecule has 3 N–H and O–H groups in total. The molecule has 9 nitrogen and oxygen atoms in total. The number of halogens is 3. The molecular weight excluding hydrogens is 536 g/mol. The van der Waals surface area contributed by atoms with Crippen LogP contribution in [0.4, 0.5) is 4.39 Å². The minimum absolute atomic E-state index is 0.117. The molecule has 13 heteroatoms. The van der Waals surface area contributed by atoms with Crippen molar-refractivity contribution in [3.63, 3.8) is 0 Å². The van der Waals surface area contributed by atoms with E-state index in [1.807, 2.05) is 6.07 Å². The number of ether oxygens (including phenoxy) is 1. The van der Waals surface area contributed by atoms with Gasteiger partial charge in [0.2, 0.25) is 5.91 Å². The molecule has 2 saturated carbocycles. The lowest BCUT2D eigenvalue weighted by Gasteiger charge is -2.32. The van der Waals surface area contributed by atoms with Gasteiger partial charge in [0.15, 0.2) is 9.84 Å². The van der Waals surface area contributed by atoms with Crippen molar-refractivity contribution in [3.8, 4) is 11.8 Å². The predicted molar refractivity (Wildman–Crippen MR) is 125 cm³/mol. The van der Waals surface area contributed by atoms with Gasteiger partial charge < -0.3 is 15.6 Å². The Balaban J connectivity index is 1.74. The molecule has 1 heterocycles. The Morgan fingerprint density at radius 1 is 1.28 bits per heavy atom. The summed E-state index contributed by atoms with van der Waals surface area (Å²) in [6.07, 6.45) is 0.632. The molecule has 2 fully saturated rings. The zero-order valence-electron chi connectivity index (χ0n) is 18.5. The van der Waals surface area contributed by atoms with E-state index in [2.05, 4.69) is 4.98 Å². The van der Waals surface area contributed by atoms with Gasteiger partial charge in [-0.25, -0.2) is 17.8 Å². The Morgan fingerprint density at radius 3 is 2.53 bits per heavy atom. The third-order valence-corrected chi connectivity index (χ3v) is 10.1. The van der Waals surface area contributed by atoms with E-state index < -0.39 is 61.9 Å². The number of benzene rings is 1. The fourth-order valence-corrected chi connectivity index (χ4v) is 7.84. The third kappa shape index (κ3) is 4.17. The number of carboxylic acids is 1. The summed E-state index contributed by atoms with van der Waals surface area (Å²) in [5.41, 5.74) is 1.91. The van der Waals surface area contributed by atoms with Crippen molar-refractivity contribution < 1.29 is 32.2 Å². The smallest absolute Gasteiger partial charge is 0.310 e. The highest BCUT2D eigenvalue weighted by Gasteiger charge is 2.75. The van der Waals surface area contributed by atoms with E-state index in [1.54, 1.807) is 0 Å². The number of rotatable bonds is 8. The van der Waals surface area contributed by atoms with E-state index in [-0.39, 0.29) is 40.3 Å². The monoisotopic (exact) mass is 555 g/mol. The van der Waals surface area contributed by atoms with Crippen LogP contribution < -0.4 is 10.5 Å². The van der Waals surface area contributed by atoms with Crippen LogP contribution in [0.2, 0.25) is 10.2 Å². The number of nitriles is 1. The van der Waals surface area contributed by atoms with Crippen LogP contribution in [0.15, 0.2) is 41.4 Å². The molecule has 190 valence electrons. The summed E-state index contributed by atoms with van der Waals surface area (Å²) < 4.78 is 46.3. The van der Waals surface area contributed by atoms with Crippen molar-refractivity contribution in [1.29, 1.82) is 5.26 Å². The first kappa shape index (κ1) is 26.1. The quantitative estimate of drug-likeness (QED) is 0.370. The van der Waals surface area contributed by atoms with E-state index in [0.29, 0.717) is 0 Å². The number of carbonyl (C=O) groups excluding carboxylic acids is 1. The van der Waals surface area contributed by atoms with Crippen molar-refractivity contribution in [2.24, 2.45) is 28.4 Å². The summed E-state index contributed by atoms with van der Waals surface area (Å²) in [6.45, 7) is -0.241. The average Bonchev–Trinajstić information content (AvgIpc) is 3.44. The molecule has 2 aliphatic carbocycles. The van der Waals surface area contributed by atoms with E-state index >= 15 is 0 Å². The maximum Gasteiger partial charge on any atom is 0.310 e. The molecule has 1 amide bonds. The van der Waals surface area contributed by atoms with Gasteiger partial charge in [-0.15, -0.1) is 0 Å². The van der Waals surface area contributed by atoms with Gasteiger partial charge in [-0.1, -0.05) is 23.2 Å². The summed E-state index contributed by atoms with van der Waals surface area (Å²) in [7, 11) is -4.23. The second-order valence-corrected chi connectivity index (χ2v) is 12.0. The molecule has 5 atom stereocenters. The normalized spacial score (nSPS) is 29.3. The molecule has 36 heavy (non-hydrogen) atoms. The van der Waals surface area contributed by atoms with Crippen LogP contribution in [0.25, 0.3) is 0 Å². The first-order valence-electron chi connectivity index (χ1n) is 10.8. The number of pyridine rings is 1. The minimum Gasteiger partial charge on any atom is -0.492 e. The number of carbonyl (C=O) groups is 2. The fourth-order valence-electron chi connectivity index (χ4n) is 5.31. The molecule has 2 aromatic rings. The number of aromatic nitrogens is 1. The summed E-state index contributed by atoms with van der Waals surface area (Å²) in [6, 6.07) is 7.65. The van der Waals surface area contributed by atoms with Crippen LogP contribution in [-0.4, -0.2) is 42.2 Å². The highest BCUT2D eigenvalue weighted by molar-refractivity contribution is 7.92. The van der Waals surface area contributed by atoms with E-state index in [4.69, 9.17) is 33.7 Å². The summed E-state index contributed by atoms with van der Waals surface area (Å²) >= 11 is 11.8. The first-order valence-corrected chi connectivity index (χ1v) is 13.1. The molecule has 0 spiro atoms. The SMILES string of the molecule is N#CC1(C(N)=O)CC1[C@]1(C(=O)O)C[C@@H](S(=O)(=O)c2ccc(F)cc2Cl)C[C@H]1COc1ccc(Cl)nc1. The van der Waals surface area contributed by atoms with Crippen molar-refractivity contribution in [2.75, 3.05) is 6.61 Å². The molecular formula is C23H20Cl2FN3O6S. The van der Waals surface area contributed by atoms with E-state index in [1.165, 1.54) is 18.3 Å². The van der Waals surface area contributed by atoms with Gasteiger partial charge in [0, 0.05) is 11.8 Å². The summed E-state index contributed by atoms with van der Waals surface area (Å²) in [5.74, 6) is -4.74. The lowest BCUT2D eigenvalue weighted by Crippen LogP contribution is -2.43. The van der Waals surface area contributed by atoms with Crippen LogP contribution in [0, 0.1) is 39.8 Å². The van der Waals surface area contributed by atoms with Crippen molar-refractivity contribution in [1.82, 2.24) is 4.98 Å². The fraction of sp³-hybridized carbons (Fsp3) is 0.391. The predicted octanol–water partition coefficient (Wildman–Crippen LogP) is 3.24. The lowest BCUT2D eigenvalue weighted by molar-refractivity contribution is -0.154. The number of nitrogens with zero attached hydrogens (tertiary/aromatic N) is 2. The topological polar surface area (TPSA) is 160 Å². The highest BCUT2D eigenvalue weighted by Crippen LogP contribution is 2.68. The van der Waals surface area contributed by atoms with Crippen LogP contribution >= 0.6 is 23.2 Å². The standard InChI is InChI=1S/C23H20Cl2FN3O6S/c24-16-6-13(26)1-3-17(16)36(33,34)15-5-12(10-35-14-2-4-19(25)29-9-14)23(7-15,21(31)32)18-8-22(18,11-27)20(28)30/h1-4,6,9,12,15,18H,5,7-8,10H2,(H2,28,30)(H,31,32)/t12-,15-,18?,22?,23-/m0/s1. The van der Waals surface area contributed by atoms with Crippen LogP contribution in [-0.2, 0) is 19.4 Å². The number of hydrogen-bond acceptors (Lipinski definition) is 7. The number of primary amides is 1. The highest BCUT2D eigenvalue weighted by atomic mass is 35.5. The Kier molecular flexibility index (Phi) is 6.66. The molecule has 4 rings (SSSR count). The zero-order valence-corrected chi connectivity index (χ0v) is 20.9. The Labute approximate surface area is 215 Å². The minimum atomic E-state index is -4.23. The summed E-state index contributed by atoms with van der Waals surface area (Å²) in [4.78, 5) is 28.5. The molecule has 1 aromatic carbocycles. The molecule has 0 saturated heterocycles. The van der Waals surface area contributed by atoms with Gasteiger partial charge in [0.1, 0.15) is 22.1 Å². The third-order valence-electron chi connectivity index (χ3n) is 7.25. The Hall–Kier alpha value is -2.94. The van der Waals surface area contributed by atoms with Crippen LogP contribution in [0.3, 0.4) is 0 Å². The summed E-state index contributed by atoms with van der Waals surface area (Å²) in [5, 5.41) is 18.7. The van der Waals surface area contributed by atoms with Crippen LogP contribution in [0.1, 0.15) is 19.3 Å². The van der Waals surface area contributed by atoms with Gasteiger partial charge in [-0.2, -0.15) is 5.26 Å². The number of aliphatic carboxylic acids is 1. The largest absolute Gasteiger partial charge is 0.492 e. The second kappa shape index (κ2) is 9.18. The van der Waals surface area contributed by atoms with Crippen molar-refractivity contribution >= 4 is 44.9 Å².